The largest absolute Gasteiger partial charge is 0.320 e. The van der Waals surface area contributed by atoms with Gasteiger partial charge in [-0.15, -0.1) is 11.3 Å². The van der Waals surface area contributed by atoms with Gasteiger partial charge in [-0.25, -0.2) is 9.67 Å². The van der Waals surface area contributed by atoms with Crippen molar-refractivity contribution < 1.29 is 9.59 Å². The molecule has 0 saturated carbocycles. The highest BCUT2D eigenvalue weighted by Crippen LogP contribution is 2.32. The van der Waals surface area contributed by atoms with Crippen LogP contribution in [0.5, 0.6) is 0 Å². The fraction of sp³-hybridized carbons (Fsp3) is 0.0833. The van der Waals surface area contributed by atoms with Crippen LogP contribution in [0.2, 0.25) is 5.02 Å². The fourth-order valence-corrected chi connectivity index (χ4v) is 5.58. The maximum Gasteiger partial charge on any atom is 0.267 e. The van der Waals surface area contributed by atoms with Crippen LogP contribution in [0.15, 0.2) is 60.7 Å². The van der Waals surface area contributed by atoms with Crippen molar-refractivity contribution in [2.24, 2.45) is 0 Å². The number of fused-ring (bicyclic) bond motifs is 1. The molecule has 0 bridgehead atoms. The van der Waals surface area contributed by atoms with Crippen LogP contribution < -0.4 is 10.6 Å². The van der Waals surface area contributed by atoms with Crippen molar-refractivity contribution in [1.29, 1.82) is 0 Å². The lowest BCUT2D eigenvalue weighted by molar-refractivity contribution is 0.102. The molecule has 7 nitrogen and oxygen atoms in total. The molecule has 0 radical (unpaired) electrons. The number of benzene rings is 2. The number of nitrogens with one attached hydrogen (secondary N) is 2. The van der Waals surface area contributed by atoms with Crippen molar-refractivity contribution >= 4 is 67.1 Å². The van der Waals surface area contributed by atoms with E-state index in [-0.39, 0.29) is 11.8 Å². The standard InChI is InChI=1S/C24H18ClN5O2S2/c1-13-16-12-19(33-23(16)30(29-13)15-8-4-3-5-9-15)21(31)28-24-26-14(2)20(34-24)22(32)27-18-11-7-6-10-17(18)25/h3-12H,1-2H3,(H,27,32)(H,26,28,31). The Kier molecular flexibility index (Phi) is 5.91. The van der Waals surface area contributed by atoms with Crippen molar-refractivity contribution in [3.63, 3.8) is 0 Å². The topological polar surface area (TPSA) is 88.9 Å². The molecule has 3 aromatic heterocycles. The lowest BCUT2D eigenvalue weighted by Crippen LogP contribution is -2.11. The maximum absolute atomic E-state index is 13.0. The Morgan fingerprint density at radius 3 is 2.41 bits per heavy atom. The zero-order valence-electron chi connectivity index (χ0n) is 18.1. The van der Waals surface area contributed by atoms with E-state index in [1.165, 1.54) is 11.3 Å². The summed E-state index contributed by atoms with van der Waals surface area (Å²) < 4.78 is 1.84. The minimum atomic E-state index is -0.330. The van der Waals surface area contributed by atoms with Gasteiger partial charge in [0.25, 0.3) is 11.8 Å². The number of anilines is 2. The number of hydrogen-bond donors (Lipinski definition) is 2. The number of aryl methyl sites for hydroxylation is 2. The molecule has 2 amide bonds. The van der Waals surface area contributed by atoms with Crippen LogP contribution in [0.4, 0.5) is 10.8 Å². The van der Waals surface area contributed by atoms with Gasteiger partial charge in [0.05, 0.1) is 32.7 Å². The molecule has 170 valence electrons. The number of thiophene rings is 1. The van der Waals surface area contributed by atoms with Crippen LogP contribution >= 0.6 is 34.3 Å². The van der Waals surface area contributed by atoms with Crippen molar-refractivity contribution in [3.8, 4) is 5.69 Å². The number of hydrogen-bond acceptors (Lipinski definition) is 6. The summed E-state index contributed by atoms with van der Waals surface area (Å²) in [6, 6.07) is 18.6. The first-order chi connectivity index (χ1) is 16.4. The summed E-state index contributed by atoms with van der Waals surface area (Å²) in [6.45, 7) is 3.65. The number of nitrogens with zero attached hydrogens (tertiary/aromatic N) is 3. The third-order valence-electron chi connectivity index (χ3n) is 5.11. The molecule has 5 aromatic rings. The van der Waals surface area contributed by atoms with Gasteiger partial charge in [-0.05, 0) is 44.2 Å². The van der Waals surface area contributed by atoms with Crippen molar-refractivity contribution in [2.45, 2.75) is 13.8 Å². The normalized spacial score (nSPS) is 11.0. The summed E-state index contributed by atoms with van der Waals surface area (Å²) in [5.41, 5.74) is 2.81. The summed E-state index contributed by atoms with van der Waals surface area (Å²) in [7, 11) is 0. The number of halogens is 1. The molecule has 0 unspecified atom stereocenters. The summed E-state index contributed by atoms with van der Waals surface area (Å²) in [5, 5.41) is 11.9. The molecule has 0 fully saturated rings. The second-order valence-corrected chi connectivity index (χ2v) is 9.92. The molecule has 3 heterocycles. The Labute approximate surface area is 208 Å². The lowest BCUT2D eigenvalue weighted by atomic mass is 10.3. The van der Waals surface area contributed by atoms with E-state index in [0.29, 0.717) is 31.3 Å². The van der Waals surface area contributed by atoms with E-state index in [1.807, 2.05) is 48.0 Å². The van der Waals surface area contributed by atoms with Crippen molar-refractivity contribution in [3.05, 3.63) is 86.8 Å². The predicted octanol–water partition coefficient (Wildman–Crippen LogP) is 6.32. The van der Waals surface area contributed by atoms with E-state index in [1.54, 1.807) is 31.2 Å². The van der Waals surface area contributed by atoms with Gasteiger partial charge in [0.1, 0.15) is 9.71 Å². The van der Waals surface area contributed by atoms with E-state index in [2.05, 4.69) is 20.7 Å². The van der Waals surface area contributed by atoms with Crippen LogP contribution in [0, 0.1) is 13.8 Å². The number of aromatic nitrogens is 3. The number of carbonyl (C=O) groups excluding carboxylic acids is 2. The molecule has 0 atom stereocenters. The molecule has 0 aliphatic carbocycles. The van der Waals surface area contributed by atoms with Crippen molar-refractivity contribution in [1.82, 2.24) is 14.8 Å². The highest BCUT2D eigenvalue weighted by Gasteiger charge is 2.21. The van der Waals surface area contributed by atoms with E-state index in [0.717, 1.165) is 32.9 Å². The van der Waals surface area contributed by atoms with Gasteiger partial charge < -0.3 is 5.32 Å². The molecule has 34 heavy (non-hydrogen) atoms. The molecule has 2 N–H and O–H groups in total. The molecular weight excluding hydrogens is 490 g/mol. The molecule has 0 aliphatic rings. The zero-order valence-corrected chi connectivity index (χ0v) is 20.5. The number of amides is 2. The highest BCUT2D eigenvalue weighted by atomic mass is 35.5. The summed E-state index contributed by atoms with van der Waals surface area (Å²) in [6.07, 6.45) is 0. The highest BCUT2D eigenvalue weighted by molar-refractivity contribution is 7.21. The summed E-state index contributed by atoms with van der Waals surface area (Å²) in [5.74, 6) is -0.615. The first-order valence-corrected chi connectivity index (χ1v) is 12.3. The first kappa shape index (κ1) is 22.3. The van der Waals surface area contributed by atoms with Gasteiger partial charge in [0.15, 0.2) is 5.13 Å². The Morgan fingerprint density at radius 1 is 0.912 bits per heavy atom. The van der Waals surface area contributed by atoms with Crippen molar-refractivity contribution in [2.75, 3.05) is 10.6 Å². The average Bonchev–Trinajstić information content (AvgIpc) is 3.50. The van der Waals surface area contributed by atoms with Gasteiger partial charge in [0.2, 0.25) is 0 Å². The van der Waals surface area contributed by atoms with Crippen LogP contribution in [0.3, 0.4) is 0 Å². The third kappa shape index (κ3) is 4.21. The Hall–Kier alpha value is -3.53. The maximum atomic E-state index is 13.0. The first-order valence-electron chi connectivity index (χ1n) is 10.3. The van der Waals surface area contributed by atoms with Gasteiger partial charge in [-0.2, -0.15) is 5.10 Å². The summed E-state index contributed by atoms with van der Waals surface area (Å²) in [4.78, 5) is 31.9. The summed E-state index contributed by atoms with van der Waals surface area (Å²) >= 11 is 8.61. The Morgan fingerprint density at radius 2 is 1.65 bits per heavy atom. The quantitative estimate of drug-likeness (QED) is 0.291. The van der Waals surface area contributed by atoms with E-state index in [4.69, 9.17) is 11.6 Å². The van der Waals surface area contributed by atoms with E-state index < -0.39 is 0 Å². The predicted molar refractivity (Wildman–Crippen MR) is 138 cm³/mol. The number of para-hydroxylation sites is 2. The molecule has 0 spiro atoms. The van der Waals surface area contributed by atoms with Crippen LogP contribution in [-0.2, 0) is 0 Å². The Balaban J connectivity index is 1.37. The smallest absolute Gasteiger partial charge is 0.267 e. The van der Waals surface area contributed by atoms with Gasteiger partial charge in [0, 0.05) is 5.39 Å². The number of carbonyl (C=O) groups is 2. The molecule has 2 aromatic carbocycles. The van der Waals surface area contributed by atoms with Gasteiger partial charge in [-0.3, -0.25) is 14.9 Å². The fourth-order valence-electron chi connectivity index (χ4n) is 3.46. The lowest BCUT2D eigenvalue weighted by Gasteiger charge is -2.05. The van der Waals surface area contributed by atoms with Crippen LogP contribution in [0.25, 0.3) is 15.9 Å². The second-order valence-electron chi connectivity index (χ2n) is 7.48. The molecule has 0 saturated heterocycles. The number of rotatable bonds is 5. The minimum absolute atomic E-state index is 0.285. The van der Waals surface area contributed by atoms with Crippen LogP contribution in [0.1, 0.15) is 30.7 Å². The zero-order chi connectivity index (χ0) is 23.8. The second kappa shape index (κ2) is 9.02. The minimum Gasteiger partial charge on any atom is -0.320 e. The molecular formula is C24H18ClN5O2S2. The monoisotopic (exact) mass is 507 g/mol. The van der Waals surface area contributed by atoms with Gasteiger partial charge >= 0.3 is 0 Å². The van der Waals surface area contributed by atoms with Gasteiger partial charge in [-0.1, -0.05) is 53.3 Å². The van der Waals surface area contributed by atoms with E-state index >= 15 is 0 Å². The van der Waals surface area contributed by atoms with Crippen LogP contribution in [-0.4, -0.2) is 26.6 Å². The Bertz CT molecular complexity index is 1540. The van der Waals surface area contributed by atoms with E-state index in [9.17, 15) is 9.59 Å². The number of thiazole rings is 1. The third-order valence-corrected chi connectivity index (χ3v) is 7.63. The molecule has 0 aliphatic heterocycles. The molecule has 5 rings (SSSR count). The average molecular weight is 508 g/mol. The molecule has 10 heteroatoms. The SMILES string of the molecule is Cc1nc(NC(=O)c2cc3c(C)nn(-c4ccccc4)c3s2)sc1C(=O)Nc1ccccc1Cl.